The van der Waals surface area contributed by atoms with E-state index in [0.717, 1.165) is 12.8 Å². The third kappa shape index (κ3) is 3.78. The number of ketones is 1. The van der Waals surface area contributed by atoms with Crippen LogP contribution in [0.1, 0.15) is 56.8 Å². The van der Waals surface area contributed by atoms with Crippen LogP contribution in [0.25, 0.3) is 0 Å². The lowest BCUT2D eigenvalue weighted by atomic mass is 9.85. The Morgan fingerprint density at radius 2 is 1.80 bits per heavy atom. The molecule has 2 atom stereocenters. The number of carbonyl (C=O) groups is 2. The summed E-state index contributed by atoms with van der Waals surface area (Å²) in [6, 6.07) is 3.65. The van der Waals surface area contributed by atoms with Crippen LogP contribution in [0.2, 0.25) is 0 Å². The Morgan fingerprint density at radius 1 is 1.16 bits per heavy atom. The minimum Gasteiger partial charge on any atom is -0.481 e. The van der Waals surface area contributed by atoms with Gasteiger partial charge >= 0.3 is 6.09 Å². The number of nitrogens with zero attached hydrogens (tertiary/aromatic N) is 2. The Bertz CT molecular complexity index is 636. The average Bonchev–Trinajstić information content (AvgIpc) is 2.83. The molecule has 136 valence electrons. The first-order valence-corrected chi connectivity index (χ1v) is 8.84. The van der Waals surface area contributed by atoms with Crippen LogP contribution < -0.4 is 4.74 Å². The smallest absolute Gasteiger partial charge is 0.410 e. The number of pyridine rings is 1. The van der Waals surface area contributed by atoms with E-state index in [1.165, 1.54) is 0 Å². The highest BCUT2D eigenvalue weighted by Crippen LogP contribution is 2.40. The first-order valence-electron chi connectivity index (χ1n) is 8.84. The van der Waals surface area contributed by atoms with Crippen molar-refractivity contribution in [3.05, 3.63) is 23.9 Å². The van der Waals surface area contributed by atoms with Gasteiger partial charge in [0.2, 0.25) is 5.88 Å². The van der Waals surface area contributed by atoms with Crippen molar-refractivity contribution in [2.24, 2.45) is 5.92 Å². The van der Waals surface area contributed by atoms with Crippen molar-refractivity contribution in [2.45, 2.75) is 64.1 Å². The van der Waals surface area contributed by atoms with E-state index < -0.39 is 5.60 Å². The number of rotatable bonds is 3. The van der Waals surface area contributed by atoms with Crippen molar-refractivity contribution in [1.82, 2.24) is 9.88 Å². The SMILES string of the molecule is COc1ccc(C(=O)C2CC3CCC(C2)N3C(=O)OC(C)(C)C)cn1. The Labute approximate surface area is 148 Å². The summed E-state index contributed by atoms with van der Waals surface area (Å²) in [5.41, 5.74) is 0.105. The van der Waals surface area contributed by atoms with Gasteiger partial charge in [-0.1, -0.05) is 0 Å². The maximum Gasteiger partial charge on any atom is 0.410 e. The van der Waals surface area contributed by atoms with Gasteiger partial charge in [0, 0.05) is 35.8 Å². The molecule has 6 heteroatoms. The van der Waals surface area contributed by atoms with E-state index in [4.69, 9.17) is 9.47 Å². The Hall–Kier alpha value is -2.11. The molecule has 6 nitrogen and oxygen atoms in total. The molecule has 3 rings (SSSR count). The zero-order valence-electron chi connectivity index (χ0n) is 15.3. The fourth-order valence-corrected chi connectivity index (χ4v) is 3.89. The Kier molecular flexibility index (Phi) is 4.71. The second-order valence-electron chi connectivity index (χ2n) is 7.89. The van der Waals surface area contributed by atoms with Crippen molar-refractivity contribution in [1.29, 1.82) is 0 Å². The maximum absolute atomic E-state index is 12.8. The van der Waals surface area contributed by atoms with Crippen molar-refractivity contribution in [3.8, 4) is 5.88 Å². The van der Waals surface area contributed by atoms with E-state index in [1.807, 2.05) is 25.7 Å². The molecular weight excluding hydrogens is 320 g/mol. The largest absolute Gasteiger partial charge is 0.481 e. The van der Waals surface area contributed by atoms with Gasteiger partial charge in [0.15, 0.2) is 5.78 Å². The summed E-state index contributed by atoms with van der Waals surface area (Å²) in [5.74, 6) is 0.540. The van der Waals surface area contributed by atoms with E-state index >= 15 is 0 Å². The fraction of sp³-hybridized carbons (Fsp3) is 0.632. The average molecular weight is 346 g/mol. The van der Waals surface area contributed by atoms with Gasteiger partial charge < -0.3 is 14.4 Å². The first-order chi connectivity index (χ1) is 11.8. The predicted molar refractivity (Wildman–Crippen MR) is 92.7 cm³/mol. The monoisotopic (exact) mass is 346 g/mol. The van der Waals surface area contributed by atoms with Crippen molar-refractivity contribution in [3.63, 3.8) is 0 Å². The number of piperidine rings is 1. The summed E-state index contributed by atoms with van der Waals surface area (Å²) in [6.45, 7) is 5.62. The summed E-state index contributed by atoms with van der Waals surface area (Å²) in [4.78, 5) is 31.3. The number of hydrogen-bond donors (Lipinski definition) is 0. The lowest BCUT2D eigenvalue weighted by molar-refractivity contribution is 0.00254. The molecule has 1 aromatic heterocycles. The molecule has 2 aliphatic heterocycles. The number of amides is 1. The van der Waals surface area contributed by atoms with Crippen LogP contribution in [0, 0.1) is 5.92 Å². The number of methoxy groups -OCH3 is 1. The highest BCUT2D eigenvalue weighted by atomic mass is 16.6. The van der Waals surface area contributed by atoms with Crippen LogP contribution in [0.4, 0.5) is 4.79 Å². The lowest BCUT2D eigenvalue weighted by Crippen LogP contribution is -2.49. The van der Waals surface area contributed by atoms with Gasteiger partial charge in [-0.3, -0.25) is 4.79 Å². The number of fused-ring (bicyclic) bond motifs is 2. The normalized spacial score (nSPS) is 25.6. The lowest BCUT2D eigenvalue weighted by Gasteiger charge is -2.39. The summed E-state index contributed by atoms with van der Waals surface area (Å²) in [6.07, 6.45) is 4.59. The summed E-state index contributed by atoms with van der Waals surface area (Å²) in [5, 5.41) is 0. The molecule has 2 saturated heterocycles. The third-order valence-electron chi connectivity index (χ3n) is 4.94. The molecule has 1 aromatic rings. The molecule has 2 fully saturated rings. The topological polar surface area (TPSA) is 68.7 Å². The minimum atomic E-state index is -0.502. The van der Waals surface area contributed by atoms with E-state index in [-0.39, 0.29) is 29.9 Å². The second-order valence-corrected chi connectivity index (χ2v) is 7.89. The quantitative estimate of drug-likeness (QED) is 0.784. The molecule has 2 unspecified atom stereocenters. The summed E-state index contributed by atoms with van der Waals surface area (Å²) < 4.78 is 10.6. The van der Waals surface area contributed by atoms with Crippen LogP contribution in [-0.2, 0) is 4.74 Å². The molecule has 2 aliphatic rings. The third-order valence-corrected chi connectivity index (χ3v) is 4.94. The highest BCUT2D eigenvalue weighted by molar-refractivity contribution is 5.97. The van der Waals surface area contributed by atoms with Crippen molar-refractivity contribution < 1.29 is 19.1 Å². The van der Waals surface area contributed by atoms with Crippen molar-refractivity contribution >= 4 is 11.9 Å². The van der Waals surface area contributed by atoms with Crippen LogP contribution in [0.3, 0.4) is 0 Å². The molecule has 0 saturated carbocycles. The number of carbonyl (C=O) groups excluding carboxylic acids is 2. The Balaban J connectivity index is 1.68. The van der Waals surface area contributed by atoms with E-state index in [0.29, 0.717) is 24.3 Å². The maximum atomic E-state index is 12.8. The zero-order valence-corrected chi connectivity index (χ0v) is 15.3. The summed E-state index contributed by atoms with van der Waals surface area (Å²) >= 11 is 0. The molecule has 2 bridgehead atoms. The van der Waals surface area contributed by atoms with Gasteiger partial charge in [-0.15, -0.1) is 0 Å². The van der Waals surface area contributed by atoms with Crippen LogP contribution in [-0.4, -0.2) is 46.6 Å². The molecular formula is C19H26N2O4. The first kappa shape index (κ1) is 17.7. The molecule has 0 aliphatic carbocycles. The second kappa shape index (κ2) is 6.65. The fourth-order valence-electron chi connectivity index (χ4n) is 3.89. The summed E-state index contributed by atoms with van der Waals surface area (Å²) in [7, 11) is 1.55. The number of hydrogen-bond acceptors (Lipinski definition) is 5. The zero-order chi connectivity index (χ0) is 18.2. The van der Waals surface area contributed by atoms with Gasteiger partial charge in [-0.05, 0) is 52.5 Å². The Morgan fingerprint density at radius 3 is 2.28 bits per heavy atom. The molecule has 0 spiro atoms. The van der Waals surface area contributed by atoms with E-state index in [1.54, 1.807) is 25.4 Å². The van der Waals surface area contributed by atoms with Gasteiger partial charge in [0.05, 0.1) is 7.11 Å². The highest BCUT2D eigenvalue weighted by Gasteiger charge is 2.46. The van der Waals surface area contributed by atoms with Crippen molar-refractivity contribution in [2.75, 3.05) is 7.11 Å². The standard InChI is InChI=1S/C19H26N2O4/c1-19(2,3)25-18(23)21-14-6-7-15(21)10-13(9-14)17(22)12-5-8-16(24-4)20-11-12/h5,8,11,13-15H,6-7,9-10H2,1-4H3. The molecule has 25 heavy (non-hydrogen) atoms. The van der Waals surface area contributed by atoms with Gasteiger partial charge in [0.1, 0.15) is 5.60 Å². The minimum absolute atomic E-state index is 0.0635. The van der Waals surface area contributed by atoms with Crippen LogP contribution >= 0.6 is 0 Å². The van der Waals surface area contributed by atoms with Gasteiger partial charge in [-0.25, -0.2) is 9.78 Å². The number of ether oxygens (including phenoxy) is 2. The predicted octanol–water partition coefficient (Wildman–Crippen LogP) is 3.45. The number of Topliss-reactive ketones (excluding diaryl/α,β-unsaturated/α-hetero) is 1. The molecule has 0 aromatic carbocycles. The van der Waals surface area contributed by atoms with Gasteiger partial charge in [-0.2, -0.15) is 0 Å². The van der Waals surface area contributed by atoms with Gasteiger partial charge in [0.25, 0.3) is 0 Å². The molecule has 3 heterocycles. The van der Waals surface area contributed by atoms with Crippen LogP contribution in [0.15, 0.2) is 18.3 Å². The molecule has 0 N–H and O–H groups in total. The molecule has 0 radical (unpaired) electrons. The van der Waals surface area contributed by atoms with E-state index in [9.17, 15) is 9.59 Å². The van der Waals surface area contributed by atoms with Crippen LogP contribution in [0.5, 0.6) is 5.88 Å². The number of aromatic nitrogens is 1. The molecule has 1 amide bonds. The van der Waals surface area contributed by atoms with E-state index in [2.05, 4.69) is 4.98 Å².